The predicted octanol–water partition coefficient (Wildman–Crippen LogP) is 1.45. The molecule has 0 fully saturated rings. The molecule has 4 rings (SSSR count). The van der Waals surface area contributed by atoms with E-state index in [-0.39, 0.29) is 17.0 Å². The van der Waals surface area contributed by atoms with Crippen LogP contribution in [0.2, 0.25) is 10.3 Å². The van der Waals surface area contributed by atoms with Crippen molar-refractivity contribution in [2.75, 3.05) is 19.6 Å². The zero-order valence-electron chi connectivity index (χ0n) is 17.6. The van der Waals surface area contributed by atoms with Crippen LogP contribution in [-0.4, -0.2) is 53.3 Å². The van der Waals surface area contributed by atoms with E-state index in [2.05, 4.69) is 47.0 Å². The van der Waals surface area contributed by atoms with Gasteiger partial charge in [-0.25, -0.2) is 19.0 Å². The van der Waals surface area contributed by atoms with Crippen LogP contribution in [0, 0.1) is 6.92 Å². The molecule has 0 N–H and O–H groups in total. The summed E-state index contributed by atoms with van der Waals surface area (Å²) in [5.74, 6) is 0. The van der Waals surface area contributed by atoms with Crippen molar-refractivity contribution in [1.82, 2.24) is 29.2 Å². The zero-order chi connectivity index (χ0) is 21.0. The van der Waals surface area contributed by atoms with Crippen molar-refractivity contribution < 1.29 is 21.5 Å². The van der Waals surface area contributed by atoms with Crippen molar-refractivity contribution in [3.05, 3.63) is 58.6 Å². The van der Waals surface area contributed by atoms with Gasteiger partial charge in [-0.05, 0) is 45.4 Å². The molecule has 4 heterocycles. The summed E-state index contributed by atoms with van der Waals surface area (Å²) in [6.07, 6.45) is 6.74. The molecule has 162 valence electrons. The van der Waals surface area contributed by atoms with Crippen LogP contribution >= 0.6 is 23.2 Å². The van der Waals surface area contributed by atoms with Crippen LogP contribution in [0.15, 0.2) is 37.2 Å². The number of fused-ring (bicyclic) bond motifs is 2. The summed E-state index contributed by atoms with van der Waals surface area (Å²) in [6, 6.07) is 4.06. The molecular weight excluding hydrogens is 489 g/mol. The number of hydrogen-bond donors (Lipinski definition) is 0. The summed E-state index contributed by atoms with van der Waals surface area (Å²) >= 11 is 12.0. The number of halogens is 3. The summed E-state index contributed by atoms with van der Waals surface area (Å²) in [4.78, 5) is 7.95. The van der Waals surface area contributed by atoms with Crippen LogP contribution in [0.1, 0.15) is 31.9 Å². The molecular formula is C20H26BrCl2N7. The van der Waals surface area contributed by atoms with Crippen LogP contribution in [0.25, 0.3) is 11.0 Å². The Labute approximate surface area is 197 Å². The molecule has 4 aromatic rings. The van der Waals surface area contributed by atoms with Crippen molar-refractivity contribution >= 4 is 34.2 Å². The lowest BCUT2D eigenvalue weighted by molar-refractivity contribution is -0.936. The molecule has 0 amide bonds. The molecule has 0 spiro atoms. The first kappa shape index (κ1) is 24.5. The number of nitrogens with zero attached hydrogens (tertiary/aromatic N) is 7. The van der Waals surface area contributed by atoms with Gasteiger partial charge in [-0.2, -0.15) is 10.2 Å². The second-order valence-electron chi connectivity index (χ2n) is 6.98. The van der Waals surface area contributed by atoms with E-state index in [4.69, 9.17) is 23.2 Å². The SMILES string of the molecule is CC[N+](CC)(CC)Cc1ccn2ncnc(Cl)c12.Cc1ccn2ncnc(Cl)c12.[Br-]. The highest BCUT2D eigenvalue weighted by atomic mass is 79.9. The maximum absolute atomic E-state index is 6.18. The van der Waals surface area contributed by atoms with Gasteiger partial charge < -0.3 is 21.5 Å². The van der Waals surface area contributed by atoms with Crippen molar-refractivity contribution in [1.29, 1.82) is 0 Å². The molecule has 0 radical (unpaired) electrons. The lowest BCUT2D eigenvalue weighted by Gasteiger charge is -2.35. The Bertz CT molecular complexity index is 1100. The van der Waals surface area contributed by atoms with Gasteiger partial charge in [0.2, 0.25) is 0 Å². The average Bonchev–Trinajstić information content (AvgIpc) is 3.32. The summed E-state index contributed by atoms with van der Waals surface area (Å²) in [7, 11) is 0. The number of hydrogen-bond acceptors (Lipinski definition) is 4. The Balaban J connectivity index is 0.000000229. The number of rotatable bonds is 5. The highest BCUT2D eigenvalue weighted by Crippen LogP contribution is 2.23. The molecule has 10 heteroatoms. The monoisotopic (exact) mass is 513 g/mol. The van der Waals surface area contributed by atoms with Gasteiger partial charge in [-0.3, -0.25) is 0 Å². The molecule has 0 unspecified atom stereocenters. The van der Waals surface area contributed by atoms with Crippen molar-refractivity contribution in [3.8, 4) is 0 Å². The number of aryl methyl sites for hydroxylation is 1. The van der Waals surface area contributed by atoms with Crippen molar-refractivity contribution in [2.45, 2.75) is 34.2 Å². The van der Waals surface area contributed by atoms with Crippen molar-refractivity contribution in [2.24, 2.45) is 0 Å². The van der Waals surface area contributed by atoms with Gasteiger partial charge in [-0.15, -0.1) is 0 Å². The van der Waals surface area contributed by atoms with Gasteiger partial charge in [0.1, 0.15) is 30.2 Å². The normalized spacial score (nSPS) is 11.3. The molecule has 0 saturated carbocycles. The van der Waals surface area contributed by atoms with E-state index in [1.807, 2.05) is 25.4 Å². The zero-order valence-corrected chi connectivity index (χ0v) is 20.7. The minimum atomic E-state index is 0. The highest BCUT2D eigenvalue weighted by Gasteiger charge is 2.23. The summed E-state index contributed by atoms with van der Waals surface area (Å²) in [6.45, 7) is 13.0. The Morgan fingerprint density at radius 3 is 1.87 bits per heavy atom. The highest BCUT2D eigenvalue weighted by molar-refractivity contribution is 6.33. The van der Waals surface area contributed by atoms with E-state index in [1.54, 1.807) is 9.03 Å². The third-order valence-corrected chi connectivity index (χ3v) is 6.18. The van der Waals surface area contributed by atoms with E-state index in [0.29, 0.717) is 10.3 Å². The lowest BCUT2D eigenvalue weighted by atomic mass is 10.2. The van der Waals surface area contributed by atoms with E-state index in [0.717, 1.165) is 47.3 Å². The third kappa shape index (κ3) is 4.94. The molecule has 0 aliphatic rings. The van der Waals surface area contributed by atoms with Crippen LogP contribution in [-0.2, 0) is 6.54 Å². The predicted molar refractivity (Wildman–Crippen MR) is 116 cm³/mol. The van der Waals surface area contributed by atoms with E-state index >= 15 is 0 Å². The fourth-order valence-electron chi connectivity index (χ4n) is 3.54. The first-order valence-corrected chi connectivity index (χ1v) is 10.5. The molecule has 0 bridgehead atoms. The second kappa shape index (κ2) is 10.5. The molecule has 7 nitrogen and oxygen atoms in total. The van der Waals surface area contributed by atoms with E-state index < -0.39 is 0 Å². The maximum Gasteiger partial charge on any atom is 0.157 e. The van der Waals surface area contributed by atoms with Gasteiger partial charge in [0.15, 0.2) is 10.3 Å². The fourth-order valence-corrected chi connectivity index (χ4v) is 4.07. The average molecular weight is 515 g/mol. The molecule has 0 aliphatic carbocycles. The quantitative estimate of drug-likeness (QED) is 0.378. The first-order chi connectivity index (χ1) is 13.9. The van der Waals surface area contributed by atoms with Gasteiger partial charge in [0.05, 0.1) is 19.6 Å². The number of aromatic nitrogens is 6. The second-order valence-corrected chi connectivity index (χ2v) is 7.69. The Morgan fingerprint density at radius 1 is 0.833 bits per heavy atom. The minimum Gasteiger partial charge on any atom is -1.00 e. The van der Waals surface area contributed by atoms with Crippen molar-refractivity contribution in [3.63, 3.8) is 0 Å². The fraction of sp³-hybridized carbons (Fsp3) is 0.400. The first-order valence-electron chi connectivity index (χ1n) is 9.71. The molecule has 0 aliphatic heterocycles. The molecule has 0 atom stereocenters. The van der Waals surface area contributed by atoms with E-state index in [1.165, 1.54) is 18.2 Å². The third-order valence-electron chi connectivity index (χ3n) is 5.62. The maximum atomic E-state index is 6.18. The summed E-state index contributed by atoms with van der Waals surface area (Å²) in [5, 5.41) is 9.20. The minimum absolute atomic E-state index is 0. The summed E-state index contributed by atoms with van der Waals surface area (Å²) < 4.78 is 4.58. The van der Waals surface area contributed by atoms with Gasteiger partial charge in [0, 0.05) is 18.0 Å². The van der Waals surface area contributed by atoms with E-state index in [9.17, 15) is 0 Å². The smallest absolute Gasteiger partial charge is 0.157 e. The van der Waals surface area contributed by atoms with Gasteiger partial charge in [-0.1, -0.05) is 23.2 Å². The van der Waals surface area contributed by atoms with Gasteiger partial charge in [0.25, 0.3) is 0 Å². The lowest BCUT2D eigenvalue weighted by Crippen LogP contribution is -3.00. The van der Waals surface area contributed by atoms with Crippen LogP contribution < -0.4 is 17.0 Å². The molecule has 30 heavy (non-hydrogen) atoms. The largest absolute Gasteiger partial charge is 1.00 e. The number of quaternary nitrogens is 1. The Kier molecular flexibility index (Phi) is 8.61. The Morgan fingerprint density at radius 2 is 1.33 bits per heavy atom. The molecule has 0 aromatic carbocycles. The molecule has 0 saturated heterocycles. The Hall–Kier alpha value is -1.74. The summed E-state index contributed by atoms with van der Waals surface area (Å²) in [5.41, 5.74) is 4.15. The van der Waals surface area contributed by atoms with Crippen LogP contribution in [0.3, 0.4) is 0 Å². The standard InChI is InChI=1S/C13H20ClN4.C7H6ClN3.BrH/c1-4-18(5-2,6-3)9-11-7-8-17-12(11)13(14)15-10-16-17;1-5-2-3-11-6(5)7(8)9-4-10-11;/h7-8,10H,4-6,9H2,1-3H3;2-4H,1H3;1H/q+1;;/p-1. The van der Waals surface area contributed by atoms with Crippen LogP contribution in [0.4, 0.5) is 0 Å². The molecule has 4 aromatic heterocycles. The van der Waals surface area contributed by atoms with Crippen LogP contribution in [0.5, 0.6) is 0 Å². The topological polar surface area (TPSA) is 60.4 Å². The van der Waals surface area contributed by atoms with Gasteiger partial charge >= 0.3 is 0 Å².